The topological polar surface area (TPSA) is 51.2 Å². The van der Waals surface area contributed by atoms with Crippen LogP contribution in [-0.2, 0) is 4.74 Å². The highest BCUT2D eigenvalue weighted by Gasteiger charge is 2.28. The third kappa shape index (κ3) is 4.46. The summed E-state index contributed by atoms with van der Waals surface area (Å²) in [5, 5.41) is 2.13. The second-order valence-corrected chi connectivity index (χ2v) is 5.24. The van der Waals surface area contributed by atoms with E-state index in [2.05, 4.69) is 15.0 Å². The number of alkyl halides is 3. The minimum absolute atomic E-state index is 0.0382. The highest BCUT2D eigenvalue weighted by molar-refractivity contribution is 8.00. The molecule has 1 aromatic heterocycles. The van der Waals surface area contributed by atoms with Gasteiger partial charge in [0.1, 0.15) is 23.8 Å². The van der Waals surface area contributed by atoms with Crippen LogP contribution in [0, 0.1) is 0 Å². The highest BCUT2D eigenvalue weighted by atomic mass is 32.2. The Morgan fingerprint density at radius 1 is 1.56 bits per heavy atom. The number of nitrogens with zero attached hydrogens (tertiary/aromatic N) is 1. The van der Waals surface area contributed by atoms with Gasteiger partial charge in [-0.3, -0.25) is 4.79 Å². The first kappa shape index (κ1) is 15.3. The molecule has 0 aliphatic carbocycles. The monoisotopic (exact) mass is 300 g/mol. The minimum atomic E-state index is -4.36. The maximum atomic E-state index is 12.1. The quantitative estimate of drug-likeness (QED) is 0.646. The number of hydrogen-bond donors (Lipinski definition) is 1. The first-order valence-corrected chi connectivity index (χ1v) is 6.79. The van der Waals surface area contributed by atoms with Gasteiger partial charge in [-0.15, -0.1) is 11.3 Å². The van der Waals surface area contributed by atoms with E-state index in [1.54, 1.807) is 6.26 Å². The zero-order valence-corrected chi connectivity index (χ0v) is 11.3. The van der Waals surface area contributed by atoms with Gasteiger partial charge in [-0.1, -0.05) is 11.8 Å². The van der Waals surface area contributed by atoms with E-state index in [1.807, 2.05) is 0 Å². The lowest BCUT2D eigenvalue weighted by Gasteiger charge is -2.08. The van der Waals surface area contributed by atoms with Crippen molar-refractivity contribution in [2.45, 2.75) is 10.5 Å². The smallest absolute Gasteiger partial charge is 0.376 e. The Kier molecular flexibility index (Phi) is 5.42. The third-order valence-corrected chi connectivity index (χ3v) is 3.85. The van der Waals surface area contributed by atoms with Crippen LogP contribution in [0.5, 0.6) is 0 Å². The van der Waals surface area contributed by atoms with Crippen LogP contribution < -0.4 is 5.32 Å². The van der Waals surface area contributed by atoms with Crippen LogP contribution in [0.4, 0.5) is 19.0 Å². The fourth-order valence-corrected chi connectivity index (χ4v) is 2.54. The van der Waals surface area contributed by atoms with Gasteiger partial charge < -0.3 is 10.1 Å². The van der Waals surface area contributed by atoms with Crippen LogP contribution in [0.2, 0.25) is 0 Å². The van der Waals surface area contributed by atoms with E-state index in [1.165, 1.54) is 18.9 Å². The van der Waals surface area contributed by atoms with Crippen LogP contribution in [0.3, 0.4) is 0 Å². The van der Waals surface area contributed by atoms with Gasteiger partial charge in [0, 0.05) is 7.11 Å². The number of carbonyl (C=O) groups is 1. The first-order valence-electron chi connectivity index (χ1n) is 4.75. The van der Waals surface area contributed by atoms with Gasteiger partial charge in [-0.2, -0.15) is 13.2 Å². The predicted octanol–water partition coefficient (Wildman–Crippen LogP) is 2.67. The molecular weight excluding hydrogens is 289 g/mol. The Balaban J connectivity index is 2.87. The number of ether oxygens (including phenoxy) is 1. The summed E-state index contributed by atoms with van der Waals surface area (Å²) in [7, 11) is 1.34. The summed E-state index contributed by atoms with van der Waals surface area (Å²) in [6, 6.07) is 0. The number of halogens is 3. The zero-order chi connectivity index (χ0) is 13.8. The molecule has 0 aliphatic rings. The fraction of sp³-hybridized carbons (Fsp3) is 0.556. The molecule has 0 atom stereocenters. The molecule has 1 heterocycles. The maximum absolute atomic E-state index is 12.1. The average Bonchev–Trinajstić information content (AvgIpc) is 2.69. The Morgan fingerprint density at radius 3 is 2.72 bits per heavy atom. The second kappa shape index (κ2) is 6.39. The number of anilines is 1. The number of thioether (sulfide) groups is 1. The molecule has 0 aromatic carbocycles. The number of nitrogens with one attached hydrogen (secondary N) is 1. The lowest BCUT2D eigenvalue weighted by atomic mass is 10.3. The van der Waals surface area contributed by atoms with Gasteiger partial charge in [-0.25, -0.2) is 4.98 Å². The lowest BCUT2D eigenvalue weighted by Crippen LogP contribution is -2.22. The molecule has 1 rings (SSSR count). The number of aromatic nitrogens is 1. The predicted molar refractivity (Wildman–Crippen MR) is 64.6 cm³/mol. The van der Waals surface area contributed by atoms with Crippen molar-refractivity contribution in [3.63, 3.8) is 0 Å². The summed E-state index contributed by atoms with van der Waals surface area (Å²) >= 11 is 2.32. The largest absolute Gasteiger partial charge is 0.405 e. The molecule has 0 amide bonds. The highest BCUT2D eigenvalue weighted by Crippen LogP contribution is 2.30. The fourth-order valence-electron chi connectivity index (χ4n) is 1.08. The molecule has 1 aromatic rings. The first-order chi connectivity index (χ1) is 8.37. The molecule has 0 aliphatic heterocycles. The molecule has 9 heteroatoms. The van der Waals surface area contributed by atoms with Crippen LogP contribution in [0.15, 0.2) is 4.34 Å². The SMILES string of the molecule is COCC(=O)c1sc(SC)nc1NCC(F)(F)F. The molecule has 0 spiro atoms. The van der Waals surface area contributed by atoms with Gasteiger partial charge in [-0.05, 0) is 6.26 Å². The zero-order valence-electron chi connectivity index (χ0n) is 9.63. The standard InChI is InChI=1S/C9H11F3N2O2S2/c1-16-3-5(15)6-7(13-4-9(10,11)12)14-8(17-2)18-6/h13H,3-4H2,1-2H3. The van der Waals surface area contributed by atoms with Crippen molar-refractivity contribution in [3.05, 3.63) is 4.88 Å². The number of carbonyl (C=O) groups excluding carboxylic acids is 1. The van der Waals surface area contributed by atoms with Crippen molar-refractivity contribution >= 4 is 34.7 Å². The molecular formula is C9H11F3N2O2S2. The van der Waals surface area contributed by atoms with Crippen LogP contribution in [0.1, 0.15) is 9.67 Å². The number of Topliss-reactive ketones (excluding diaryl/α,β-unsaturated/α-hetero) is 1. The van der Waals surface area contributed by atoms with Crippen molar-refractivity contribution in [3.8, 4) is 0 Å². The summed E-state index contributed by atoms with van der Waals surface area (Å²) < 4.78 is 41.5. The third-order valence-electron chi connectivity index (χ3n) is 1.77. The van der Waals surface area contributed by atoms with Gasteiger partial charge in [0.2, 0.25) is 5.78 Å². The van der Waals surface area contributed by atoms with Crippen molar-refractivity contribution in [2.75, 3.05) is 31.8 Å². The Morgan fingerprint density at radius 2 is 2.22 bits per heavy atom. The van der Waals surface area contributed by atoms with Crippen LogP contribution >= 0.6 is 23.1 Å². The van der Waals surface area contributed by atoms with Crippen LogP contribution in [-0.4, -0.2) is 43.5 Å². The van der Waals surface area contributed by atoms with E-state index in [0.29, 0.717) is 4.34 Å². The van der Waals surface area contributed by atoms with Crippen molar-refractivity contribution in [1.82, 2.24) is 4.98 Å². The molecule has 0 unspecified atom stereocenters. The Labute approximate surface area is 110 Å². The summed E-state index contributed by atoms with van der Waals surface area (Å²) in [6.45, 7) is -1.41. The number of methoxy groups -OCH3 is 1. The number of thiazole rings is 1. The Bertz CT molecular complexity index is 420. The number of rotatable bonds is 6. The van der Waals surface area contributed by atoms with Crippen LogP contribution in [0.25, 0.3) is 0 Å². The lowest BCUT2D eigenvalue weighted by molar-refractivity contribution is -0.115. The molecule has 0 radical (unpaired) electrons. The van der Waals surface area contributed by atoms with Gasteiger partial charge in [0.15, 0.2) is 4.34 Å². The van der Waals surface area contributed by atoms with Gasteiger partial charge >= 0.3 is 6.18 Å². The number of ketones is 1. The molecule has 0 saturated carbocycles. The normalized spacial score (nSPS) is 11.6. The van der Waals surface area contributed by atoms with Crippen molar-refractivity contribution < 1.29 is 22.7 Å². The van der Waals surface area contributed by atoms with Gasteiger partial charge in [0.05, 0.1) is 0 Å². The number of hydrogen-bond acceptors (Lipinski definition) is 6. The molecule has 0 bridgehead atoms. The van der Waals surface area contributed by atoms with E-state index in [-0.39, 0.29) is 23.1 Å². The van der Waals surface area contributed by atoms with Gasteiger partial charge in [0.25, 0.3) is 0 Å². The Hall–Kier alpha value is -0.800. The molecule has 1 N–H and O–H groups in total. The van der Waals surface area contributed by atoms with Crippen molar-refractivity contribution in [1.29, 1.82) is 0 Å². The average molecular weight is 300 g/mol. The summed E-state index contributed by atoms with van der Waals surface area (Å²) in [5.74, 6) is -0.427. The van der Waals surface area contributed by atoms with E-state index >= 15 is 0 Å². The molecule has 18 heavy (non-hydrogen) atoms. The van der Waals surface area contributed by atoms with E-state index in [4.69, 9.17) is 0 Å². The maximum Gasteiger partial charge on any atom is 0.405 e. The van der Waals surface area contributed by atoms with Crippen molar-refractivity contribution in [2.24, 2.45) is 0 Å². The summed E-state index contributed by atoms with van der Waals surface area (Å²) in [4.78, 5) is 15.7. The van der Waals surface area contributed by atoms with E-state index in [0.717, 1.165) is 11.3 Å². The molecule has 0 saturated heterocycles. The van der Waals surface area contributed by atoms with E-state index < -0.39 is 12.7 Å². The molecule has 102 valence electrons. The molecule has 4 nitrogen and oxygen atoms in total. The second-order valence-electron chi connectivity index (χ2n) is 3.19. The molecule has 0 fully saturated rings. The van der Waals surface area contributed by atoms with E-state index in [9.17, 15) is 18.0 Å². The summed E-state index contributed by atoms with van der Waals surface area (Å²) in [5.41, 5.74) is 0. The summed E-state index contributed by atoms with van der Waals surface area (Å²) in [6.07, 6.45) is -2.62. The minimum Gasteiger partial charge on any atom is -0.376 e.